The van der Waals surface area contributed by atoms with Crippen molar-refractivity contribution in [3.8, 4) is 0 Å². The molecule has 1 atom stereocenters. The lowest BCUT2D eigenvalue weighted by Gasteiger charge is -2.11. The van der Waals surface area contributed by atoms with Crippen molar-refractivity contribution >= 4 is 5.97 Å². The molecule has 1 unspecified atom stereocenters. The third kappa shape index (κ3) is 4.80. The fraction of sp³-hybridized carbons (Fsp3) is 0.545. The van der Waals surface area contributed by atoms with Gasteiger partial charge in [-0.1, -0.05) is 0 Å². The lowest BCUT2D eigenvalue weighted by molar-refractivity contribution is 0.0182. The Kier molecular flexibility index (Phi) is 5.73. The van der Waals surface area contributed by atoms with Gasteiger partial charge in [0.1, 0.15) is 12.4 Å². The van der Waals surface area contributed by atoms with E-state index < -0.39 is 19.0 Å². The van der Waals surface area contributed by atoms with E-state index in [4.69, 9.17) is 9.52 Å². The number of ether oxygens (including phenoxy) is 1. The van der Waals surface area contributed by atoms with Gasteiger partial charge in [-0.25, -0.2) is 13.6 Å². The van der Waals surface area contributed by atoms with Crippen LogP contribution in [-0.2, 0) is 4.74 Å². The van der Waals surface area contributed by atoms with Gasteiger partial charge in [0.05, 0.1) is 12.6 Å². The van der Waals surface area contributed by atoms with Crippen LogP contribution in [0.15, 0.2) is 16.5 Å². The Balaban J connectivity index is 2.27. The van der Waals surface area contributed by atoms with E-state index in [0.29, 0.717) is 12.3 Å². The summed E-state index contributed by atoms with van der Waals surface area (Å²) >= 11 is 0. The van der Waals surface area contributed by atoms with E-state index in [9.17, 15) is 13.6 Å². The van der Waals surface area contributed by atoms with Crippen molar-refractivity contribution < 1.29 is 27.8 Å². The zero-order valence-electron chi connectivity index (χ0n) is 9.86. The molecule has 1 rings (SSSR count). The van der Waals surface area contributed by atoms with Gasteiger partial charge in [-0.15, -0.1) is 0 Å². The minimum Gasteiger partial charge on any atom is -0.475 e. The second-order valence-corrected chi connectivity index (χ2v) is 3.65. The standard InChI is InChI=1S/C11H15F2NO4/c1-7(14-4-5-17-6-10(12)13)8-2-3-9(18-8)11(15)16/h2-3,7,10,14H,4-6H2,1H3,(H,15,16). The topological polar surface area (TPSA) is 71.7 Å². The summed E-state index contributed by atoms with van der Waals surface area (Å²) in [5.41, 5.74) is 0. The number of rotatable bonds is 8. The first-order valence-corrected chi connectivity index (χ1v) is 5.43. The molecule has 0 bridgehead atoms. The summed E-state index contributed by atoms with van der Waals surface area (Å²) in [6.07, 6.45) is -2.47. The monoisotopic (exact) mass is 263 g/mol. The number of nitrogens with one attached hydrogen (secondary N) is 1. The molecule has 2 N–H and O–H groups in total. The van der Waals surface area contributed by atoms with Gasteiger partial charge in [-0.3, -0.25) is 0 Å². The molecule has 7 heteroatoms. The van der Waals surface area contributed by atoms with Crippen LogP contribution in [0.25, 0.3) is 0 Å². The number of furan rings is 1. The maximum Gasteiger partial charge on any atom is 0.371 e. The van der Waals surface area contributed by atoms with E-state index in [1.807, 2.05) is 0 Å². The zero-order chi connectivity index (χ0) is 13.5. The molecular weight excluding hydrogens is 248 g/mol. The molecular formula is C11H15F2NO4. The summed E-state index contributed by atoms with van der Waals surface area (Å²) in [6, 6.07) is 2.71. The van der Waals surface area contributed by atoms with Gasteiger partial charge in [0.25, 0.3) is 6.43 Å². The van der Waals surface area contributed by atoms with Crippen LogP contribution in [0.2, 0.25) is 0 Å². The van der Waals surface area contributed by atoms with Crippen molar-refractivity contribution in [2.75, 3.05) is 19.8 Å². The summed E-state index contributed by atoms with van der Waals surface area (Å²) in [4.78, 5) is 10.6. The highest BCUT2D eigenvalue weighted by Gasteiger charge is 2.13. The van der Waals surface area contributed by atoms with Crippen LogP contribution >= 0.6 is 0 Å². The van der Waals surface area contributed by atoms with E-state index in [-0.39, 0.29) is 18.4 Å². The first kappa shape index (κ1) is 14.6. The first-order valence-electron chi connectivity index (χ1n) is 5.43. The molecule has 0 aliphatic heterocycles. The molecule has 1 heterocycles. The van der Waals surface area contributed by atoms with E-state index in [2.05, 4.69) is 10.1 Å². The van der Waals surface area contributed by atoms with E-state index >= 15 is 0 Å². The Morgan fingerprint density at radius 1 is 1.56 bits per heavy atom. The van der Waals surface area contributed by atoms with E-state index in [1.54, 1.807) is 13.0 Å². The number of carboxylic acids is 1. The molecule has 102 valence electrons. The van der Waals surface area contributed by atoms with Gasteiger partial charge >= 0.3 is 5.97 Å². The molecule has 0 saturated heterocycles. The summed E-state index contributed by atoms with van der Waals surface area (Å²) in [5, 5.41) is 11.6. The smallest absolute Gasteiger partial charge is 0.371 e. The predicted molar refractivity (Wildman–Crippen MR) is 58.9 cm³/mol. The van der Waals surface area contributed by atoms with Gasteiger partial charge in [-0.05, 0) is 19.1 Å². The molecule has 0 radical (unpaired) electrons. The van der Waals surface area contributed by atoms with E-state index in [1.165, 1.54) is 6.07 Å². The second-order valence-electron chi connectivity index (χ2n) is 3.65. The molecule has 0 aliphatic rings. The fourth-order valence-corrected chi connectivity index (χ4v) is 1.32. The molecule has 18 heavy (non-hydrogen) atoms. The van der Waals surface area contributed by atoms with Crippen molar-refractivity contribution in [1.29, 1.82) is 0 Å². The minimum absolute atomic E-state index is 0.132. The highest BCUT2D eigenvalue weighted by molar-refractivity contribution is 5.84. The average Bonchev–Trinajstić information content (AvgIpc) is 2.77. The third-order valence-corrected chi connectivity index (χ3v) is 2.21. The molecule has 0 aliphatic carbocycles. The summed E-state index contributed by atoms with van der Waals surface area (Å²) in [7, 11) is 0. The summed E-state index contributed by atoms with van der Waals surface area (Å²) in [6.45, 7) is 1.72. The van der Waals surface area contributed by atoms with E-state index in [0.717, 1.165) is 0 Å². The van der Waals surface area contributed by atoms with Crippen LogP contribution in [0, 0.1) is 0 Å². The maximum atomic E-state index is 11.7. The lowest BCUT2D eigenvalue weighted by atomic mass is 10.2. The molecule has 1 aromatic heterocycles. The summed E-state index contributed by atoms with van der Waals surface area (Å²) in [5.74, 6) is -0.789. The van der Waals surface area contributed by atoms with Gasteiger partial charge in [-0.2, -0.15) is 0 Å². The van der Waals surface area contributed by atoms with Crippen LogP contribution in [-0.4, -0.2) is 37.3 Å². The van der Waals surface area contributed by atoms with Crippen molar-refractivity contribution in [3.63, 3.8) is 0 Å². The summed E-state index contributed by atoms with van der Waals surface area (Å²) < 4.78 is 33.3. The molecule has 0 saturated carbocycles. The number of halogens is 2. The first-order chi connectivity index (χ1) is 8.50. The Hall–Kier alpha value is -1.47. The maximum absolute atomic E-state index is 11.7. The fourth-order valence-electron chi connectivity index (χ4n) is 1.32. The van der Waals surface area contributed by atoms with Crippen LogP contribution < -0.4 is 5.32 Å². The van der Waals surface area contributed by atoms with Crippen LogP contribution in [0.4, 0.5) is 8.78 Å². The molecule has 0 spiro atoms. The SMILES string of the molecule is CC(NCCOCC(F)F)c1ccc(C(=O)O)o1. The normalized spacial score (nSPS) is 12.9. The number of aromatic carboxylic acids is 1. The lowest BCUT2D eigenvalue weighted by Crippen LogP contribution is -2.23. The Morgan fingerprint density at radius 3 is 2.83 bits per heavy atom. The van der Waals surface area contributed by atoms with Crippen molar-refractivity contribution in [3.05, 3.63) is 23.7 Å². The largest absolute Gasteiger partial charge is 0.475 e. The number of carboxylic acid groups (broad SMARTS) is 1. The van der Waals surface area contributed by atoms with Gasteiger partial charge < -0.3 is 19.6 Å². The predicted octanol–water partition coefficient (Wildman–Crippen LogP) is 1.91. The molecule has 0 amide bonds. The Labute approximate surface area is 103 Å². The van der Waals surface area contributed by atoms with Crippen LogP contribution in [0.1, 0.15) is 29.3 Å². The zero-order valence-corrected chi connectivity index (χ0v) is 9.86. The van der Waals surface area contributed by atoms with Gasteiger partial charge in [0, 0.05) is 6.54 Å². The van der Waals surface area contributed by atoms with Crippen molar-refractivity contribution in [2.24, 2.45) is 0 Å². The third-order valence-electron chi connectivity index (χ3n) is 2.21. The molecule has 5 nitrogen and oxygen atoms in total. The quantitative estimate of drug-likeness (QED) is 0.701. The molecule has 1 aromatic rings. The van der Waals surface area contributed by atoms with Gasteiger partial charge in [0.2, 0.25) is 5.76 Å². The Bertz CT molecular complexity index is 381. The van der Waals surface area contributed by atoms with Crippen molar-refractivity contribution in [2.45, 2.75) is 19.4 Å². The highest BCUT2D eigenvalue weighted by atomic mass is 19.3. The van der Waals surface area contributed by atoms with Gasteiger partial charge in [0.15, 0.2) is 0 Å². The minimum atomic E-state index is -2.47. The number of hydrogen-bond acceptors (Lipinski definition) is 4. The van der Waals surface area contributed by atoms with Crippen LogP contribution in [0.5, 0.6) is 0 Å². The number of carbonyl (C=O) groups is 1. The van der Waals surface area contributed by atoms with Crippen molar-refractivity contribution in [1.82, 2.24) is 5.32 Å². The molecule has 0 fully saturated rings. The van der Waals surface area contributed by atoms with Crippen LogP contribution in [0.3, 0.4) is 0 Å². The second kappa shape index (κ2) is 7.07. The Morgan fingerprint density at radius 2 is 2.28 bits per heavy atom. The number of alkyl halides is 2. The highest BCUT2D eigenvalue weighted by Crippen LogP contribution is 2.15. The number of hydrogen-bond donors (Lipinski definition) is 2. The molecule has 0 aromatic carbocycles. The average molecular weight is 263 g/mol.